The second-order valence-corrected chi connectivity index (χ2v) is 7.05. The molecule has 1 atom stereocenters. The van der Waals surface area contributed by atoms with Crippen LogP contribution in [0.1, 0.15) is 17.5 Å². The SMILES string of the molecule is Cc1ccc(N)c(S(=O)(=O)N2CCC(C(N)=O)C2)c1C. The number of carbonyl (C=O) groups is 1. The van der Waals surface area contributed by atoms with Crippen LogP contribution in [0.2, 0.25) is 0 Å². The van der Waals surface area contributed by atoms with Crippen LogP contribution in [0.25, 0.3) is 0 Å². The molecule has 1 heterocycles. The first-order valence-corrected chi connectivity index (χ1v) is 7.84. The van der Waals surface area contributed by atoms with E-state index in [0.29, 0.717) is 18.5 Å². The van der Waals surface area contributed by atoms with E-state index in [4.69, 9.17) is 11.5 Å². The highest BCUT2D eigenvalue weighted by molar-refractivity contribution is 7.89. The number of hydrogen-bond donors (Lipinski definition) is 2. The molecule has 1 unspecified atom stereocenters. The van der Waals surface area contributed by atoms with Gasteiger partial charge in [-0.05, 0) is 37.5 Å². The van der Waals surface area contributed by atoms with E-state index >= 15 is 0 Å². The Hall–Kier alpha value is -1.60. The van der Waals surface area contributed by atoms with Crippen molar-refractivity contribution in [1.29, 1.82) is 0 Å². The van der Waals surface area contributed by atoms with Crippen LogP contribution in [0.4, 0.5) is 5.69 Å². The summed E-state index contributed by atoms with van der Waals surface area (Å²) in [5, 5.41) is 0. The number of rotatable bonds is 3. The number of nitrogens with two attached hydrogens (primary N) is 2. The van der Waals surface area contributed by atoms with E-state index in [1.165, 1.54) is 4.31 Å². The lowest BCUT2D eigenvalue weighted by atomic mass is 10.1. The van der Waals surface area contributed by atoms with Crippen LogP contribution >= 0.6 is 0 Å². The summed E-state index contributed by atoms with van der Waals surface area (Å²) in [6.45, 7) is 4.00. The number of amides is 1. The summed E-state index contributed by atoms with van der Waals surface area (Å²) >= 11 is 0. The summed E-state index contributed by atoms with van der Waals surface area (Å²) in [7, 11) is -3.69. The summed E-state index contributed by atoms with van der Waals surface area (Å²) in [5.74, 6) is -0.882. The highest BCUT2D eigenvalue weighted by atomic mass is 32.2. The smallest absolute Gasteiger partial charge is 0.245 e. The van der Waals surface area contributed by atoms with Gasteiger partial charge < -0.3 is 11.5 Å². The summed E-state index contributed by atoms with van der Waals surface area (Å²) in [6.07, 6.45) is 0.458. The third-order valence-electron chi connectivity index (χ3n) is 3.86. The Balaban J connectivity index is 2.43. The largest absolute Gasteiger partial charge is 0.398 e. The van der Waals surface area contributed by atoms with Crippen molar-refractivity contribution in [2.24, 2.45) is 11.7 Å². The van der Waals surface area contributed by atoms with Crippen molar-refractivity contribution in [3.05, 3.63) is 23.3 Å². The van der Waals surface area contributed by atoms with Gasteiger partial charge in [0.15, 0.2) is 0 Å². The molecule has 4 N–H and O–H groups in total. The summed E-state index contributed by atoms with van der Waals surface area (Å²) in [5.41, 5.74) is 12.8. The molecule has 0 bridgehead atoms. The minimum Gasteiger partial charge on any atom is -0.398 e. The first kappa shape index (κ1) is 14.8. The molecular formula is C13H19N3O3S. The molecule has 0 aliphatic carbocycles. The normalized spacial score (nSPS) is 20.2. The van der Waals surface area contributed by atoms with Gasteiger partial charge in [0.25, 0.3) is 0 Å². The predicted octanol–water partition coefficient (Wildman–Crippen LogP) is 0.382. The van der Waals surface area contributed by atoms with Gasteiger partial charge in [-0.1, -0.05) is 6.07 Å². The van der Waals surface area contributed by atoms with Gasteiger partial charge in [-0.15, -0.1) is 0 Å². The van der Waals surface area contributed by atoms with Crippen molar-refractivity contribution in [3.63, 3.8) is 0 Å². The number of primary amides is 1. The highest BCUT2D eigenvalue weighted by Gasteiger charge is 2.36. The number of hydrogen-bond acceptors (Lipinski definition) is 4. The minimum atomic E-state index is -3.69. The second kappa shape index (κ2) is 5.06. The Morgan fingerprint density at radius 3 is 2.55 bits per heavy atom. The number of aryl methyl sites for hydroxylation is 1. The molecule has 0 spiro atoms. The molecule has 1 amide bonds. The first-order valence-electron chi connectivity index (χ1n) is 6.40. The molecule has 6 nitrogen and oxygen atoms in total. The zero-order chi connectivity index (χ0) is 15.1. The Kier molecular flexibility index (Phi) is 3.75. The van der Waals surface area contributed by atoms with Gasteiger partial charge in [0.05, 0.1) is 11.6 Å². The van der Waals surface area contributed by atoms with Crippen LogP contribution in [0.15, 0.2) is 17.0 Å². The third-order valence-corrected chi connectivity index (χ3v) is 5.93. The van der Waals surface area contributed by atoms with Gasteiger partial charge in [-0.2, -0.15) is 4.31 Å². The zero-order valence-corrected chi connectivity index (χ0v) is 12.4. The molecule has 1 saturated heterocycles. The average Bonchev–Trinajstić information content (AvgIpc) is 2.84. The van der Waals surface area contributed by atoms with Crippen LogP contribution in [0, 0.1) is 19.8 Å². The molecule has 1 fully saturated rings. The monoisotopic (exact) mass is 297 g/mol. The van der Waals surface area contributed by atoms with Crippen LogP contribution < -0.4 is 11.5 Å². The second-order valence-electron chi connectivity index (χ2n) is 5.18. The van der Waals surface area contributed by atoms with E-state index in [1.54, 1.807) is 19.1 Å². The van der Waals surface area contributed by atoms with Crippen molar-refractivity contribution in [2.75, 3.05) is 18.8 Å². The number of carbonyl (C=O) groups excluding carboxylic acids is 1. The molecule has 0 radical (unpaired) electrons. The minimum absolute atomic E-state index is 0.129. The summed E-state index contributed by atoms with van der Waals surface area (Å²) < 4.78 is 26.7. The topological polar surface area (TPSA) is 106 Å². The van der Waals surface area contributed by atoms with E-state index in [-0.39, 0.29) is 17.1 Å². The lowest BCUT2D eigenvalue weighted by Gasteiger charge is -2.20. The Labute approximate surface area is 118 Å². The van der Waals surface area contributed by atoms with E-state index in [0.717, 1.165) is 5.56 Å². The van der Waals surface area contributed by atoms with Crippen molar-refractivity contribution in [2.45, 2.75) is 25.2 Å². The maximum absolute atomic E-state index is 12.7. The molecule has 0 saturated carbocycles. The van der Waals surface area contributed by atoms with Crippen molar-refractivity contribution in [3.8, 4) is 0 Å². The van der Waals surface area contributed by atoms with Crippen LogP contribution in [-0.4, -0.2) is 31.7 Å². The number of sulfonamides is 1. The molecule has 0 aromatic heterocycles. The van der Waals surface area contributed by atoms with Crippen molar-refractivity contribution < 1.29 is 13.2 Å². The fourth-order valence-corrected chi connectivity index (χ4v) is 4.36. The maximum atomic E-state index is 12.7. The number of nitrogen functional groups attached to an aromatic ring is 1. The lowest BCUT2D eigenvalue weighted by Crippen LogP contribution is -2.32. The van der Waals surface area contributed by atoms with E-state index in [9.17, 15) is 13.2 Å². The van der Waals surface area contributed by atoms with Crippen LogP contribution in [0.3, 0.4) is 0 Å². The van der Waals surface area contributed by atoms with Gasteiger partial charge >= 0.3 is 0 Å². The molecule has 110 valence electrons. The predicted molar refractivity (Wildman–Crippen MR) is 76.4 cm³/mol. The van der Waals surface area contributed by atoms with E-state index < -0.39 is 21.8 Å². The first-order chi connectivity index (χ1) is 9.25. The standard InChI is InChI=1S/C13H19N3O3S/c1-8-3-4-11(14)12(9(8)2)20(18,19)16-6-5-10(7-16)13(15)17/h3-4,10H,5-7,14H2,1-2H3,(H2,15,17). The summed E-state index contributed by atoms with van der Waals surface area (Å²) in [6, 6.07) is 3.39. The Bertz CT molecular complexity index is 655. The van der Waals surface area contributed by atoms with Gasteiger partial charge in [0, 0.05) is 13.1 Å². The highest BCUT2D eigenvalue weighted by Crippen LogP contribution is 2.31. The molecule has 2 rings (SSSR count). The fourth-order valence-electron chi connectivity index (χ4n) is 2.46. The van der Waals surface area contributed by atoms with Gasteiger partial charge in [-0.25, -0.2) is 8.42 Å². The molecule has 1 aliphatic heterocycles. The molecule has 1 aliphatic rings. The summed E-state index contributed by atoms with van der Waals surface area (Å²) in [4.78, 5) is 11.3. The molecular weight excluding hydrogens is 278 g/mol. The van der Waals surface area contributed by atoms with Gasteiger partial charge in [0.2, 0.25) is 15.9 Å². The van der Waals surface area contributed by atoms with Gasteiger partial charge in [-0.3, -0.25) is 4.79 Å². The molecule has 1 aromatic carbocycles. The molecule has 1 aromatic rings. The van der Waals surface area contributed by atoms with Crippen LogP contribution in [-0.2, 0) is 14.8 Å². The van der Waals surface area contributed by atoms with Crippen LogP contribution in [0.5, 0.6) is 0 Å². The molecule has 7 heteroatoms. The molecule has 20 heavy (non-hydrogen) atoms. The lowest BCUT2D eigenvalue weighted by molar-refractivity contribution is -0.121. The van der Waals surface area contributed by atoms with Crippen molar-refractivity contribution >= 4 is 21.6 Å². The number of nitrogens with zero attached hydrogens (tertiary/aromatic N) is 1. The number of benzene rings is 1. The van der Waals surface area contributed by atoms with E-state index in [2.05, 4.69) is 0 Å². The Morgan fingerprint density at radius 1 is 1.35 bits per heavy atom. The average molecular weight is 297 g/mol. The fraction of sp³-hybridized carbons (Fsp3) is 0.462. The van der Waals surface area contributed by atoms with Gasteiger partial charge in [0.1, 0.15) is 4.90 Å². The van der Waals surface area contributed by atoms with Crippen molar-refractivity contribution in [1.82, 2.24) is 4.31 Å². The Morgan fingerprint density at radius 2 is 2.00 bits per heavy atom. The zero-order valence-electron chi connectivity index (χ0n) is 11.6. The quantitative estimate of drug-likeness (QED) is 0.786. The third kappa shape index (κ3) is 2.38. The maximum Gasteiger partial charge on any atom is 0.245 e. The number of anilines is 1. The van der Waals surface area contributed by atoms with E-state index in [1.807, 2.05) is 6.92 Å².